The predicted molar refractivity (Wildman–Crippen MR) is 61.7 cm³/mol. The monoisotopic (exact) mass is 252 g/mol. The number of alkyl halides is 2. The molecule has 102 valence electrons. The topological polar surface area (TPSA) is 75.4 Å². The van der Waals surface area contributed by atoms with Crippen molar-refractivity contribution in [3.05, 3.63) is 0 Å². The quantitative estimate of drug-likeness (QED) is 0.570. The second kappa shape index (κ2) is 8.36. The lowest BCUT2D eigenvalue weighted by Crippen LogP contribution is -2.39. The van der Waals surface area contributed by atoms with Gasteiger partial charge in [-0.25, -0.2) is 8.78 Å². The third-order valence-electron chi connectivity index (χ3n) is 2.71. The highest BCUT2D eigenvalue weighted by Gasteiger charge is 2.28. The molecule has 0 saturated heterocycles. The van der Waals surface area contributed by atoms with Gasteiger partial charge in [-0.2, -0.15) is 0 Å². The maximum atomic E-state index is 12.6. The van der Waals surface area contributed by atoms with Crippen LogP contribution in [0.5, 0.6) is 0 Å². The number of carbonyl (C=O) groups excluding carboxylic acids is 1. The fourth-order valence-electron chi connectivity index (χ4n) is 1.50. The Morgan fingerprint density at radius 2 is 2.12 bits per heavy atom. The summed E-state index contributed by atoms with van der Waals surface area (Å²) in [5.74, 6) is -3.28. The molecule has 0 saturated carbocycles. The molecule has 0 aromatic carbocycles. The van der Waals surface area contributed by atoms with Crippen molar-refractivity contribution in [2.24, 2.45) is 11.7 Å². The van der Waals surface area contributed by atoms with Crippen LogP contribution in [0, 0.1) is 5.92 Å². The van der Waals surface area contributed by atoms with Crippen LogP contribution in [0.1, 0.15) is 32.6 Å². The Hall–Kier alpha value is -0.750. The minimum absolute atomic E-state index is 0.222. The number of hydrogen-bond acceptors (Lipinski definition) is 3. The predicted octanol–water partition coefficient (Wildman–Crippen LogP) is 0.885. The van der Waals surface area contributed by atoms with Gasteiger partial charge < -0.3 is 16.2 Å². The van der Waals surface area contributed by atoms with E-state index in [1.54, 1.807) is 0 Å². The van der Waals surface area contributed by atoms with Gasteiger partial charge in [0.2, 0.25) is 5.91 Å². The van der Waals surface area contributed by atoms with E-state index >= 15 is 0 Å². The number of carbonyl (C=O) groups is 1. The molecule has 0 aliphatic heterocycles. The van der Waals surface area contributed by atoms with E-state index in [-0.39, 0.29) is 6.42 Å². The van der Waals surface area contributed by atoms with Crippen molar-refractivity contribution in [3.8, 4) is 0 Å². The molecule has 17 heavy (non-hydrogen) atoms. The number of nitrogens with two attached hydrogens (primary N) is 1. The zero-order chi connectivity index (χ0) is 13.3. The van der Waals surface area contributed by atoms with E-state index in [1.165, 1.54) is 0 Å². The van der Waals surface area contributed by atoms with E-state index in [0.717, 1.165) is 12.8 Å². The number of nitrogens with one attached hydrogen (secondary N) is 1. The highest BCUT2D eigenvalue weighted by atomic mass is 19.3. The fraction of sp³-hybridized carbons (Fsp3) is 0.909. The Balaban J connectivity index is 3.79. The number of halogens is 2. The summed E-state index contributed by atoms with van der Waals surface area (Å²) in [7, 11) is 0. The summed E-state index contributed by atoms with van der Waals surface area (Å²) in [6.07, 6.45) is 2.65. The van der Waals surface area contributed by atoms with Gasteiger partial charge in [0.05, 0.1) is 6.54 Å². The molecule has 1 unspecified atom stereocenters. The molecule has 0 radical (unpaired) electrons. The van der Waals surface area contributed by atoms with Gasteiger partial charge in [0.15, 0.2) is 0 Å². The van der Waals surface area contributed by atoms with Crippen LogP contribution in [0.25, 0.3) is 0 Å². The Morgan fingerprint density at radius 1 is 1.47 bits per heavy atom. The van der Waals surface area contributed by atoms with Crippen molar-refractivity contribution in [3.63, 3.8) is 0 Å². The van der Waals surface area contributed by atoms with Gasteiger partial charge in [-0.05, 0) is 25.3 Å². The first-order chi connectivity index (χ1) is 7.95. The Morgan fingerprint density at radius 3 is 2.59 bits per heavy atom. The fourth-order valence-corrected chi connectivity index (χ4v) is 1.50. The normalized spacial score (nSPS) is 13.5. The van der Waals surface area contributed by atoms with Crippen molar-refractivity contribution < 1.29 is 18.7 Å². The molecule has 0 aromatic rings. The third kappa shape index (κ3) is 8.04. The van der Waals surface area contributed by atoms with Gasteiger partial charge in [-0.3, -0.25) is 4.79 Å². The van der Waals surface area contributed by atoms with Crippen LogP contribution < -0.4 is 11.1 Å². The van der Waals surface area contributed by atoms with Crippen LogP contribution in [0.2, 0.25) is 0 Å². The summed E-state index contributed by atoms with van der Waals surface area (Å²) in [6, 6.07) is 0. The second-order valence-electron chi connectivity index (χ2n) is 4.18. The number of hydrogen-bond donors (Lipinski definition) is 3. The zero-order valence-electron chi connectivity index (χ0n) is 10.2. The van der Waals surface area contributed by atoms with E-state index in [4.69, 9.17) is 10.8 Å². The maximum Gasteiger partial charge on any atom is 0.287 e. The number of aliphatic hydroxyl groups excluding tert-OH is 1. The van der Waals surface area contributed by atoms with Gasteiger partial charge in [-0.1, -0.05) is 13.3 Å². The highest BCUT2D eigenvalue weighted by Crippen LogP contribution is 2.15. The van der Waals surface area contributed by atoms with Crippen LogP contribution in [-0.4, -0.2) is 36.6 Å². The smallest absolute Gasteiger partial charge is 0.287 e. The molecule has 0 rings (SSSR count). The molecular weight excluding hydrogens is 230 g/mol. The Kier molecular flexibility index (Phi) is 7.99. The van der Waals surface area contributed by atoms with Gasteiger partial charge >= 0.3 is 0 Å². The molecule has 0 aliphatic carbocycles. The van der Waals surface area contributed by atoms with Crippen LogP contribution in [0.3, 0.4) is 0 Å². The van der Waals surface area contributed by atoms with Gasteiger partial charge in [-0.15, -0.1) is 0 Å². The zero-order valence-corrected chi connectivity index (χ0v) is 10.2. The third-order valence-corrected chi connectivity index (χ3v) is 2.71. The van der Waals surface area contributed by atoms with Crippen molar-refractivity contribution >= 4 is 5.91 Å². The molecular formula is C11H22F2N2O2. The van der Waals surface area contributed by atoms with E-state index in [2.05, 4.69) is 5.32 Å². The summed E-state index contributed by atoms with van der Waals surface area (Å²) in [4.78, 5) is 11.3. The first-order valence-electron chi connectivity index (χ1n) is 5.90. The number of rotatable bonds is 9. The first kappa shape index (κ1) is 16.2. The van der Waals surface area contributed by atoms with Crippen molar-refractivity contribution in [1.82, 2.24) is 5.32 Å². The molecule has 6 heteroatoms. The van der Waals surface area contributed by atoms with Crippen LogP contribution in [-0.2, 0) is 4.79 Å². The summed E-state index contributed by atoms with van der Waals surface area (Å²) in [6.45, 7) is 0.523. The van der Waals surface area contributed by atoms with E-state index in [1.807, 2.05) is 6.92 Å². The SMILES string of the molecule is CCC(CCN)CCC(=O)NCC(F)(F)CO. The summed E-state index contributed by atoms with van der Waals surface area (Å²) in [5, 5.41) is 10.4. The molecule has 0 bridgehead atoms. The average molecular weight is 252 g/mol. The van der Waals surface area contributed by atoms with Crippen LogP contribution in [0.4, 0.5) is 8.78 Å². The minimum Gasteiger partial charge on any atom is -0.390 e. The molecule has 1 amide bonds. The van der Waals surface area contributed by atoms with Crippen LogP contribution in [0.15, 0.2) is 0 Å². The van der Waals surface area contributed by atoms with E-state index in [0.29, 0.717) is 18.9 Å². The van der Waals surface area contributed by atoms with Crippen molar-refractivity contribution in [2.75, 3.05) is 19.7 Å². The number of aliphatic hydroxyl groups is 1. The molecule has 0 heterocycles. The largest absolute Gasteiger partial charge is 0.390 e. The molecule has 0 aliphatic rings. The lowest BCUT2D eigenvalue weighted by atomic mass is 9.96. The average Bonchev–Trinajstić information content (AvgIpc) is 2.32. The first-order valence-corrected chi connectivity index (χ1v) is 5.90. The van der Waals surface area contributed by atoms with E-state index in [9.17, 15) is 13.6 Å². The maximum absolute atomic E-state index is 12.6. The number of amides is 1. The second-order valence-corrected chi connectivity index (χ2v) is 4.18. The molecule has 0 fully saturated rings. The summed E-state index contributed by atoms with van der Waals surface area (Å²) in [5.41, 5.74) is 5.42. The summed E-state index contributed by atoms with van der Waals surface area (Å²) >= 11 is 0. The molecule has 0 aromatic heterocycles. The van der Waals surface area contributed by atoms with Gasteiger partial charge in [0.25, 0.3) is 5.92 Å². The highest BCUT2D eigenvalue weighted by molar-refractivity contribution is 5.75. The molecule has 0 spiro atoms. The molecule has 4 N–H and O–H groups in total. The lowest BCUT2D eigenvalue weighted by molar-refractivity contribution is -0.124. The molecule has 1 atom stereocenters. The standard InChI is InChI=1S/C11H22F2N2O2/c1-2-9(5-6-14)3-4-10(17)15-7-11(12,13)8-16/h9,16H,2-8,14H2,1H3,(H,15,17). The Labute approximate surface area is 101 Å². The van der Waals surface area contributed by atoms with Crippen LogP contribution >= 0.6 is 0 Å². The Bertz CT molecular complexity index is 226. The lowest BCUT2D eigenvalue weighted by Gasteiger charge is -2.15. The molecule has 4 nitrogen and oxygen atoms in total. The minimum atomic E-state index is -3.24. The van der Waals surface area contributed by atoms with Crippen molar-refractivity contribution in [1.29, 1.82) is 0 Å². The van der Waals surface area contributed by atoms with Gasteiger partial charge in [0, 0.05) is 6.42 Å². The summed E-state index contributed by atoms with van der Waals surface area (Å²) < 4.78 is 25.2. The van der Waals surface area contributed by atoms with Crippen molar-refractivity contribution in [2.45, 2.75) is 38.5 Å². The van der Waals surface area contributed by atoms with Gasteiger partial charge in [0.1, 0.15) is 6.61 Å². The van der Waals surface area contributed by atoms with E-state index < -0.39 is 25.0 Å².